The Kier molecular flexibility index (Phi) is 5.11. The lowest BCUT2D eigenvalue weighted by Crippen LogP contribution is -2.13. The summed E-state index contributed by atoms with van der Waals surface area (Å²) in [5.41, 5.74) is 2.89. The first-order chi connectivity index (χ1) is 10.9. The van der Waals surface area contributed by atoms with E-state index in [9.17, 15) is 14.0 Å². The van der Waals surface area contributed by atoms with Crippen LogP contribution in [0.15, 0.2) is 36.4 Å². The smallest absolute Gasteiger partial charge is 0.331 e. The molecule has 0 N–H and O–H groups in total. The van der Waals surface area contributed by atoms with Gasteiger partial charge in [0.2, 0.25) is 5.78 Å². The molecule has 4 nitrogen and oxygen atoms in total. The number of halogens is 1. The molecule has 0 aliphatic rings. The summed E-state index contributed by atoms with van der Waals surface area (Å²) < 4.78 is 19.8. The van der Waals surface area contributed by atoms with Crippen LogP contribution in [0.3, 0.4) is 0 Å². The van der Waals surface area contributed by atoms with Crippen LogP contribution in [0.25, 0.3) is 6.08 Å². The molecule has 0 saturated heterocycles. The number of carbonyl (C=O) groups excluding carboxylic acids is 2. The first-order valence-corrected chi connectivity index (χ1v) is 7.15. The summed E-state index contributed by atoms with van der Waals surface area (Å²) in [6.07, 6.45) is 2.61. The predicted molar refractivity (Wildman–Crippen MR) is 85.6 cm³/mol. The number of benzene rings is 1. The SMILES string of the molecule is Cc1cc(C(=O)COC(=O)/C=C/c2cccc(F)c2)c(C)n1C. The summed E-state index contributed by atoms with van der Waals surface area (Å²) in [4.78, 5) is 23.7. The van der Waals surface area contributed by atoms with Gasteiger partial charge in [-0.1, -0.05) is 12.1 Å². The van der Waals surface area contributed by atoms with Crippen molar-refractivity contribution in [2.75, 3.05) is 6.61 Å². The third-order valence-corrected chi connectivity index (χ3v) is 3.68. The van der Waals surface area contributed by atoms with Crippen LogP contribution in [-0.4, -0.2) is 22.9 Å². The molecule has 5 heteroatoms. The van der Waals surface area contributed by atoms with E-state index in [1.165, 1.54) is 24.3 Å². The van der Waals surface area contributed by atoms with Crippen LogP contribution in [0.1, 0.15) is 27.3 Å². The first kappa shape index (κ1) is 16.7. The fourth-order valence-electron chi connectivity index (χ4n) is 2.17. The van der Waals surface area contributed by atoms with Crippen molar-refractivity contribution in [3.63, 3.8) is 0 Å². The predicted octanol–water partition coefficient (Wildman–Crippen LogP) is 3.22. The Bertz CT molecular complexity index is 775. The van der Waals surface area contributed by atoms with Gasteiger partial charge < -0.3 is 9.30 Å². The zero-order valence-corrected chi connectivity index (χ0v) is 13.3. The molecule has 0 amide bonds. The fraction of sp³-hybridized carbons (Fsp3) is 0.222. The number of esters is 1. The maximum Gasteiger partial charge on any atom is 0.331 e. The molecular formula is C18H18FNO3. The highest BCUT2D eigenvalue weighted by Gasteiger charge is 2.15. The second-order valence-electron chi connectivity index (χ2n) is 5.26. The van der Waals surface area contributed by atoms with Crippen LogP contribution < -0.4 is 0 Å². The molecule has 1 aromatic carbocycles. The van der Waals surface area contributed by atoms with E-state index in [0.717, 1.165) is 11.4 Å². The molecule has 0 bridgehead atoms. The molecule has 120 valence electrons. The Morgan fingerprint density at radius 1 is 1.26 bits per heavy atom. The largest absolute Gasteiger partial charge is 0.454 e. The van der Waals surface area contributed by atoms with E-state index in [4.69, 9.17) is 4.74 Å². The van der Waals surface area contributed by atoms with Gasteiger partial charge in [0.1, 0.15) is 5.82 Å². The quantitative estimate of drug-likeness (QED) is 0.483. The molecule has 0 saturated carbocycles. The lowest BCUT2D eigenvalue weighted by molar-refractivity contribution is -0.136. The van der Waals surface area contributed by atoms with Gasteiger partial charge >= 0.3 is 5.97 Å². The number of hydrogen-bond donors (Lipinski definition) is 0. The van der Waals surface area contributed by atoms with Gasteiger partial charge in [-0.05, 0) is 43.7 Å². The number of hydrogen-bond acceptors (Lipinski definition) is 3. The van der Waals surface area contributed by atoms with Crippen LogP contribution in [0.5, 0.6) is 0 Å². The number of ether oxygens (including phenoxy) is 1. The average molecular weight is 315 g/mol. The summed E-state index contributed by atoms with van der Waals surface area (Å²) in [6.45, 7) is 3.42. The standard InChI is InChI=1S/C18H18FNO3/c1-12-9-16(13(2)20(12)3)17(21)11-23-18(22)8-7-14-5-4-6-15(19)10-14/h4-10H,11H2,1-3H3/b8-7+. The molecule has 1 aromatic heterocycles. The molecule has 0 atom stereocenters. The van der Waals surface area contributed by atoms with Crippen molar-refractivity contribution in [3.05, 3.63) is 64.7 Å². The van der Waals surface area contributed by atoms with Crippen molar-refractivity contribution in [1.29, 1.82) is 0 Å². The highest BCUT2D eigenvalue weighted by molar-refractivity contribution is 6.00. The number of aryl methyl sites for hydroxylation is 1. The van der Waals surface area contributed by atoms with Crippen LogP contribution in [-0.2, 0) is 16.6 Å². The fourth-order valence-corrected chi connectivity index (χ4v) is 2.17. The second-order valence-corrected chi connectivity index (χ2v) is 5.26. The minimum Gasteiger partial charge on any atom is -0.454 e. The van der Waals surface area contributed by atoms with Crippen molar-refractivity contribution < 1.29 is 18.7 Å². The Hall–Kier alpha value is -2.69. The highest BCUT2D eigenvalue weighted by Crippen LogP contribution is 2.14. The topological polar surface area (TPSA) is 48.3 Å². The van der Waals surface area contributed by atoms with Crippen molar-refractivity contribution >= 4 is 17.8 Å². The number of rotatable bonds is 5. The molecular weight excluding hydrogens is 297 g/mol. The summed E-state index contributed by atoms with van der Waals surface area (Å²) in [5.74, 6) is -1.28. The van der Waals surface area contributed by atoms with Crippen LogP contribution in [0.2, 0.25) is 0 Å². The van der Waals surface area contributed by atoms with Crippen molar-refractivity contribution in [2.24, 2.45) is 7.05 Å². The number of aromatic nitrogens is 1. The van der Waals surface area contributed by atoms with E-state index in [0.29, 0.717) is 11.1 Å². The van der Waals surface area contributed by atoms with E-state index >= 15 is 0 Å². The van der Waals surface area contributed by atoms with Crippen LogP contribution in [0, 0.1) is 19.7 Å². The number of Topliss-reactive ketones (excluding diaryl/α,β-unsaturated/α-hetero) is 1. The summed E-state index contributed by atoms with van der Waals surface area (Å²) in [6, 6.07) is 7.59. The Morgan fingerprint density at radius 2 is 2.00 bits per heavy atom. The molecule has 0 fully saturated rings. The number of ketones is 1. The van der Waals surface area contributed by atoms with Crippen LogP contribution in [0.4, 0.5) is 4.39 Å². The van der Waals surface area contributed by atoms with Crippen molar-refractivity contribution in [1.82, 2.24) is 4.57 Å². The third kappa shape index (κ3) is 4.16. The molecule has 1 heterocycles. The Balaban J connectivity index is 1.93. The van der Waals surface area contributed by atoms with Gasteiger partial charge in [-0.3, -0.25) is 4.79 Å². The highest BCUT2D eigenvalue weighted by atomic mass is 19.1. The first-order valence-electron chi connectivity index (χ1n) is 7.15. The van der Waals surface area contributed by atoms with E-state index in [1.54, 1.807) is 18.2 Å². The molecule has 0 spiro atoms. The van der Waals surface area contributed by atoms with Gasteiger partial charge in [-0.2, -0.15) is 0 Å². The Labute approximate surface area is 134 Å². The van der Waals surface area contributed by atoms with Gasteiger partial charge in [0.05, 0.1) is 0 Å². The minimum atomic E-state index is -0.645. The minimum absolute atomic E-state index is 0.251. The van der Waals surface area contributed by atoms with Crippen LogP contribution >= 0.6 is 0 Å². The lowest BCUT2D eigenvalue weighted by Gasteiger charge is -2.03. The average Bonchev–Trinajstić information content (AvgIpc) is 2.78. The van der Waals surface area contributed by atoms with Gasteiger partial charge in [0.15, 0.2) is 6.61 Å². The molecule has 0 unspecified atom stereocenters. The van der Waals surface area contributed by atoms with E-state index in [1.807, 2.05) is 25.5 Å². The zero-order chi connectivity index (χ0) is 17.0. The van der Waals surface area contributed by atoms with E-state index in [-0.39, 0.29) is 18.2 Å². The molecule has 0 aliphatic heterocycles. The van der Waals surface area contributed by atoms with Crippen molar-refractivity contribution in [3.8, 4) is 0 Å². The third-order valence-electron chi connectivity index (χ3n) is 3.68. The van der Waals surface area contributed by atoms with Crippen molar-refractivity contribution in [2.45, 2.75) is 13.8 Å². The molecule has 2 aromatic rings. The maximum atomic E-state index is 13.0. The van der Waals surface area contributed by atoms with E-state index in [2.05, 4.69) is 0 Å². The number of carbonyl (C=O) groups is 2. The second kappa shape index (κ2) is 7.05. The number of nitrogens with zero attached hydrogens (tertiary/aromatic N) is 1. The van der Waals surface area contributed by atoms with E-state index < -0.39 is 5.97 Å². The van der Waals surface area contributed by atoms with Gasteiger partial charge in [-0.25, -0.2) is 9.18 Å². The summed E-state index contributed by atoms with van der Waals surface area (Å²) >= 11 is 0. The maximum absolute atomic E-state index is 13.0. The normalized spacial score (nSPS) is 11.0. The molecule has 23 heavy (non-hydrogen) atoms. The van der Waals surface area contributed by atoms with Gasteiger partial charge in [-0.15, -0.1) is 0 Å². The monoisotopic (exact) mass is 315 g/mol. The van der Waals surface area contributed by atoms with Gasteiger partial charge in [0.25, 0.3) is 0 Å². The molecule has 0 radical (unpaired) electrons. The zero-order valence-electron chi connectivity index (χ0n) is 13.3. The molecule has 0 aliphatic carbocycles. The summed E-state index contributed by atoms with van der Waals surface area (Å²) in [5, 5.41) is 0. The van der Waals surface area contributed by atoms with Gasteiger partial charge in [0, 0.05) is 30.1 Å². The summed E-state index contributed by atoms with van der Waals surface area (Å²) in [7, 11) is 1.87. The Morgan fingerprint density at radius 3 is 2.61 bits per heavy atom. The lowest BCUT2D eigenvalue weighted by atomic mass is 10.1. The molecule has 2 rings (SSSR count).